The van der Waals surface area contributed by atoms with Crippen LogP contribution in [0.15, 0.2) is 24.3 Å². The fourth-order valence-corrected chi connectivity index (χ4v) is 3.15. The maximum atomic E-state index is 11.6. The summed E-state index contributed by atoms with van der Waals surface area (Å²) in [6.45, 7) is 7.35. The van der Waals surface area contributed by atoms with E-state index in [4.69, 9.17) is 0 Å². The molecule has 1 amide bonds. The first-order valence-electron chi connectivity index (χ1n) is 7.94. The summed E-state index contributed by atoms with van der Waals surface area (Å²) in [6, 6.07) is 8.96. The lowest BCUT2D eigenvalue weighted by molar-refractivity contribution is -0.126. The number of benzene rings is 1. The first-order valence-corrected chi connectivity index (χ1v) is 7.94. The number of amides is 1. The van der Waals surface area contributed by atoms with Crippen LogP contribution in [0.3, 0.4) is 0 Å². The Morgan fingerprint density at radius 1 is 1.24 bits per heavy atom. The Labute approximate surface area is 128 Å². The van der Waals surface area contributed by atoms with Crippen molar-refractivity contribution in [2.75, 3.05) is 27.2 Å². The van der Waals surface area contributed by atoms with Gasteiger partial charge in [0.15, 0.2) is 0 Å². The van der Waals surface area contributed by atoms with Crippen LogP contribution in [0.1, 0.15) is 31.4 Å². The van der Waals surface area contributed by atoms with Crippen LogP contribution in [0.25, 0.3) is 0 Å². The van der Waals surface area contributed by atoms with Gasteiger partial charge in [-0.05, 0) is 36.4 Å². The summed E-state index contributed by atoms with van der Waals surface area (Å²) in [5.41, 5.74) is 2.77. The van der Waals surface area contributed by atoms with Gasteiger partial charge in [0.05, 0.1) is 0 Å². The molecular formula is C18H28N2O. The molecule has 21 heavy (non-hydrogen) atoms. The van der Waals surface area contributed by atoms with E-state index in [2.05, 4.69) is 50.1 Å². The van der Waals surface area contributed by atoms with Crippen LogP contribution >= 0.6 is 0 Å². The molecule has 1 heterocycles. The molecule has 1 saturated heterocycles. The Morgan fingerprint density at radius 2 is 1.86 bits per heavy atom. The van der Waals surface area contributed by atoms with Crippen molar-refractivity contribution in [3.8, 4) is 0 Å². The minimum Gasteiger partial charge on any atom is -0.345 e. The summed E-state index contributed by atoms with van der Waals surface area (Å²) in [5, 5.41) is 0. The summed E-state index contributed by atoms with van der Waals surface area (Å²) < 4.78 is 0. The second kappa shape index (κ2) is 7.08. The van der Waals surface area contributed by atoms with Crippen molar-refractivity contribution in [2.45, 2.75) is 33.2 Å². The third-order valence-corrected chi connectivity index (χ3v) is 4.11. The average Bonchev–Trinajstić information content (AvgIpc) is 2.70. The third kappa shape index (κ3) is 4.85. The Kier molecular flexibility index (Phi) is 5.40. The molecule has 0 saturated carbocycles. The second-order valence-electron chi connectivity index (χ2n) is 6.96. The van der Waals surface area contributed by atoms with Gasteiger partial charge in [-0.15, -0.1) is 0 Å². The van der Waals surface area contributed by atoms with Gasteiger partial charge in [-0.25, -0.2) is 0 Å². The van der Waals surface area contributed by atoms with E-state index in [0.29, 0.717) is 18.3 Å². The molecule has 0 bridgehead atoms. The van der Waals surface area contributed by atoms with E-state index in [1.165, 1.54) is 11.1 Å². The lowest BCUT2D eigenvalue weighted by Crippen LogP contribution is -2.27. The molecule has 0 aliphatic carbocycles. The lowest BCUT2D eigenvalue weighted by Gasteiger charge is -2.20. The van der Waals surface area contributed by atoms with E-state index >= 15 is 0 Å². The Morgan fingerprint density at radius 3 is 2.38 bits per heavy atom. The first kappa shape index (κ1) is 16.0. The van der Waals surface area contributed by atoms with Gasteiger partial charge in [0.25, 0.3) is 0 Å². The lowest BCUT2D eigenvalue weighted by atomic mass is 10.0. The largest absolute Gasteiger partial charge is 0.345 e. The molecule has 0 aromatic heterocycles. The number of carbonyl (C=O) groups excluding carboxylic acids is 1. The monoisotopic (exact) mass is 288 g/mol. The highest BCUT2D eigenvalue weighted by atomic mass is 16.2. The highest BCUT2D eigenvalue weighted by molar-refractivity contribution is 5.78. The van der Waals surface area contributed by atoms with Gasteiger partial charge in [0.2, 0.25) is 5.91 Å². The van der Waals surface area contributed by atoms with Crippen molar-refractivity contribution in [3.63, 3.8) is 0 Å². The average molecular weight is 288 g/mol. The van der Waals surface area contributed by atoms with Crippen molar-refractivity contribution in [2.24, 2.45) is 11.8 Å². The number of carbonyl (C=O) groups is 1. The number of likely N-dealkylation sites (tertiary alicyclic amines) is 1. The van der Waals surface area contributed by atoms with Gasteiger partial charge in [-0.2, -0.15) is 0 Å². The third-order valence-electron chi connectivity index (χ3n) is 4.11. The van der Waals surface area contributed by atoms with Crippen LogP contribution in [0.2, 0.25) is 0 Å². The summed E-state index contributed by atoms with van der Waals surface area (Å²) in [5.74, 6) is 1.47. The van der Waals surface area contributed by atoms with Crippen LogP contribution in [0.4, 0.5) is 0 Å². The first-order chi connectivity index (χ1) is 9.94. The molecule has 0 unspecified atom stereocenters. The Hall–Kier alpha value is -1.35. The molecule has 1 aliphatic rings. The topological polar surface area (TPSA) is 23.6 Å². The highest BCUT2D eigenvalue weighted by Crippen LogP contribution is 2.18. The van der Waals surface area contributed by atoms with Crippen molar-refractivity contribution < 1.29 is 4.79 Å². The molecule has 1 aliphatic heterocycles. The van der Waals surface area contributed by atoms with Crippen LogP contribution < -0.4 is 0 Å². The van der Waals surface area contributed by atoms with Gasteiger partial charge in [0.1, 0.15) is 0 Å². The van der Waals surface area contributed by atoms with E-state index < -0.39 is 0 Å². The van der Waals surface area contributed by atoms with Crippen LogP contribution in [-0.2, 0) is 17.8 Å². The van der Waals surface area contributed by atoms with Crippen molar-refractivity contribution in [1.29, 1.82) is 0 Å². The molecule has 1 atom stereocenters. The highest BCUT2D eigenvalue weighted by Gasteiger charge is 2.27. The standard InChI is InChI=1S/C18H28N2O/c1-14(2)9-15-5-7-16(8-6-15)11-19(3)12-17-10-18(21)20(4)13-17/h5-8,14,17H,9-13H2,1-4H3/t17-/m0/s1. The van der Waals surface area contributed by atoms with E-state index in [-0.39, 0.29) is 5.91 Å². The maximum Gasteiger partial charge on any atom is 0.222 e. The van der Waals surface area contributed by atoms with Crippen LogP contribution in [0, 0.1) is 11.8 Å². The number of rotatable bonds is 6. The van der Waals surface area contributed by atoms with E-state index in [1.807, 2.05) is 11.9 Å². The van der Waals surface area contributed by atoms with E-state index in [9.17, 15) is 4.79 Å². The predicted molar refractivity (Wildman–Crippen MR) is 87.1 cm³/mol. The smallest absolute Gasteiger partial charge is 0.222 e. The molecule has 1 aromatic rings. The fourth-order valence-electron chi connectivity index (χ4n) is 3.15. The van der Waals surface area contributed by atoms with Crippen molar-refractivity contribution in [3.05, 3.63) is 35.4 Å². The van der Waals surface area contributed by atoms with Crippen LogP contribution in [-0.4, -0.2) is 42.9 Å². The maximum absolute atomic E-state index is 11.6. The normalized spacial score (nSPS) is 19.0. The fraction of sp³-hybridized carbons (Fsp3) is 0.611. The van der Waals surface area contributed by atoms with E-state index in [0.717, 1.165) is 26.1 Å². The van der Waals surface area contributed by atoms with Crippen molar-refractivity contribution >= 4 is 5.91 Å². The molecule has 1 fully saturated rings. The number of hydrogen-bond donors (Lipinski definition) is 0. The van der Waals surface area contributed by atoms with Gasteiger partial charge < -0.3 is 9.80 Å². The summed E-state index contributed by atoms with van der Waals surface area (Å²) >= 11 is 0. The molecule has 3 nitrogen and oxygen atoms in total. The molecule has 0 N–H and O–H groups in total. The quantitative estimate of drug-likeness (QED) is 0.803. The number of nitrogens with zero attached hydrogens (tertiary/aromatic N) is 2. The SMILES string of the molecule is CC(C)Cc1ccc(CN(C)C[C@@H]2CC(=O)N(C)C2)cc1. The summed E-state index contributed by atoms with van der Waals surface area (Å²) in [7, 11) is 4.04. The number of hydrogen-bond acceptors (Lipinski definition) is 2. The van der Waals surface area contributed by atoms with Crippen molar-refractivity contribution in [1.82, 2.24) is 9.80 Å². The molecule has 1 aromatic carbocycles. The van der Waals surface area contributed by atoms with Gasteiger partial charge in [-0.3, -0.25) is 4.79 Å². The van der Waals surface area contributed by atoms with Gasteiger partial charge >= 0.3 is 0 Å². The Bertz CT molecular complexity index is 467. The van der Waals surface area contributed by atoms with Crippen LogP contribution in [0.5, 0.6) is 0 Å². The van der Waals surface area contributed by atoms with Gasteiger partial charge in [-0.1, -0.05) is 38.1 Å². The molecular weight excluding hydrogens is 260 g/mol. The zero-order chi connectivity index (χ0) is 15.4. The molecule has 0 spiro atoms. The minimum atomic E-state index is 0.284. The minimum absolute atomic E-state index is 0.284. The molecule has 3 heteroatoms. The summed E-state index contributed by atoms with van der Waals surface area (Å²) in [6.07, 6.45) is 1.85. The second-order valence-corrected chi connectivity index (χ2v) is 6.96. The van der Waals surface area contributed by atoms with E-state index in [1.54, 1.807) is 0 Å². The Balaban J connectivity index is 1.82. The van der Waals surface area contributed by atoms with Gasteiger partial charge in [0, 0.05) is 33.1 Å². The molecule has 0 radical (unpaired) electrons. The predicted octanol–water partition coefficient (Wildman–Crippen LogP) is 2.80. The molecule has 2 rings (SSSR count). The zero-order valence-corrected chi connectivity index (χ0v) is 13.8. The summed E-state index contributed by atoms with van der Waals surface area (Å²) in [4.78, 5) is 15.7. The molecule has 116 valence electrons. The zero-order valence-electron chi connectivity index (χ0n) is 13.8.